The molecule has 1 nitrogen and oxygen atoms in total. The Morgan fingerprint density at radius 2 is 1.94 bits per heavy atom. The molecule has 0 bridgehead atoms. The van der Waals surface area contributed by atoms with Crippen LogP contribution in [0.5, 0.6) is 0 Å². The van der Waals surface area contributed by atoms with Gasteiger partial charge in [0.25, 0.3) is 0 Å². The van der Waals surface area contributed by atoms with E-state index in [1.165, 1.54) is 4.90 Å². The standard InChI is InChI=1S/C14H22FNS/c1-6-16-11(5)12-8-13(15)10(4)7-14(12)17-9(2)3/h7-9,11,16H,6H2,1-5H3. The molecular formula is C14H22FNS. The average molecular weight is 255 g/mol. The van der Waals surface area contributed by atoms with Gasteiger partial charge in [-0.2, -0.15) is 0 Å². The maximum Gasteiger partial charge on any atom is 0.126 e. The molecule has 0 saturated heterocycles. The minimum Gasteiger partial charge on any atom is -0.310 e. The predicted octanol–water partition coefficient (Wildman–Crippen LogP) is 4.31. The molecule has 0 aromatic heterocycles. The van der Waals surface area contributed by atoms with E-state index in [2.05, 4.69) is 33.0 Å². The van der Waals surface area contributed by atoms with Gasteiger partial charge in [0.2, 0.25) is 0 Å². The van der Waals surface area contributed by atoms with E-state index in [1.807, 2.05) is 13.0 Å². The molecule has 0 aliphatic heterocycles. The molecule has 3 heteroatoms. The van der Waals surface area contributed by atoms with Gasteiger partial charge in [0.05, 0.1) is 0 Å². The second kappa shape index (κ2) is 6.41. The molecular weight excluding hydrogens is 233 g/mol. The molecule has 0 aliphatic rings. The van der Waals surface area contributed by atoms with Crippen molar-refractivity contribution in [3.05, 3.63) is 29.1 Å². The molecule has 96 valence electrons. The Bertz CT molecular complexity index is 377. The molecule has 1 N–H and O–H groups in total. The Labute approximate surface area is 108 Å². The Morgan fingerprint density at radius 1 is 1.29 bits per heavy atom. The van der Waals surface area contributed by atoms with E-state index in [9.17, 15) is 4.39 Å². The highest BCUT2D eigenvalue weighted by Gasteiger charge is 2.14. The van der Waals surface area contributed by atoms with E-state index in [-0.39, 0.29) is 11.9 Å². The van der Waals surface area contributed by atoms with Crippen LogP contribution in [0.2, 0.25) is 0 Å². The van der Waals surface area contributed by atoms with E-state index in [1.54, 1.807) is 17.8 Å². The number of aryl methyl sites for hydroxylation is 1. The summed E-state index contributed by atoms with van der Waals surface area (Å²) < 4.78 is 13.7. The topological polar surface area (TPSA) is 12.0 Å². The number of benzene rings is 1. The molecule has 0 heterocycles. The van der Waals surface area contributed by atoms with Crippen LogP contribution in [-0.2, 0) is 0 Å². The normalized spacial score (nSPS) is 13.1. The summed E-state index contributed by atoms with van der Waals surface area (Å²) in [6.07, 6.45) is 0. The van der Waals surface area contributed by atoms with E-state index < -0.39 is 0 Å². The lowest BCUT2D eigenvalue weighted by Gasteiger charge is -2.19. The van der Waals surface area contributed by atoms with Gasteiger partial charge in [-0.3, -0.25) is 0 Å². The van der Waals surface area contributed by atoms with Crippen LogP contribution in [0, 0.1) is 12.7 Å². The quantitative estimate of drug-likeness (QED) is 0.787. The Hall–Kier alpha value is -0.540. The van der Waals surface area contributed by atoms with Crippen LogP contribution in [0.3, 0.4) is 0 Å². The van der Waals surface area contributed by atoms with Gasteiger partial charge < -0.3 is 5.32 Å². The lowest BCUT2D eigenvalue weighted by Crippen LogP contribution is -2.19. The van der Waals surface area contributed by atoms with Crippen molar-refractivity contribution in [2.45, 2.75) is 50.8 Å². The van der Waals surface area contributed by atoms with Crippen LogP contribution in [0.15, 0.2) is 17.0 Å². The molecule has 0 saturated carbocycles. The molecule has 0 aliphatic carbocycles. The smallest absolute Gasteiger partial charge is 0.126 e. The summed E-state index contributed by atoms with van der Waals surface area (Å²) in [5.41, 5.74) is 1.79. The van der Waals surface area contributed by atoms with E-state index in [0.29, 0.717) is 5.25 Å². The first-order valence-corrected chi connectivity index (χ1v) is 7.03. The molecule has 1 aromatic rings. The minimum absolute atomic E-state index is 0.113. The summed E-state index contributed by atoms with van der Waals surface area (Å²) >= 11 is 1.80. The summed E-state index contributed by atoms with van der Waals surface area (Å²) in [5.74, 6) is -0.113. The summed E-state index contributed by atoms with van der Waals surface area (Å²) in [6.45, 7) is 11.2. The highest BCUT2D eigenvalue weighted by atomic mass is 32.2. The van der Waals surface area contributed by atoms with Crippen LogP contribution in [0.4, 0.5) is 4.39 Å². The summed E-state index contributed by atoms with van der Waals surface area (Å²) in [5, 5.41) is 3.85. The number of hydrogen-bond donors (Lipinski definition) is 1. The molecule has 1 rings (SSSR count). The number of nitrogens with one attached hydrogen (secondary N) is 1. The van der Waals surface area contributed by atoms with E-state index in [0.717, 1.165) is 17.7 Å². The van der Waals surface area contributed by atoms with E-state index >= 15 is 0 Å². The van der Waals surface area contributed by atoms with Crippen LogP contribution in [0.25, 0.3) is 0 Å². The molecule has 17 heavy (non-hydrogen) atoms. The summed E-state index contributed by atoms with van der Waals surface area (Å²) in [4.78, 5) is 1.19. The second-order valence-electron chi connectivity index (χ2n) is 4.59. The zero-order valence-electron chi connectivity index (χ0n) is 11.3. The van der Waals surface area contributed by atoms with E-state index in [4.69, 9.17) is 0 Å². The van der Waals surface area contributed by atoms with Crippen molar-refractivity contribution in [3.8, 4) is 0 Å². The summed E-state index contributed by atoms with van der Waals surface area (Å²) in [7, 11) is 0. The molecule has 0 radical (unpaired) electrons. The number of halogens is 1. The minimum atomic E-state index is -0.113. The van der Waals surface area contributed by atoms with Crippen LogP contribution >= 0.6 is 11.8 Å². The maximum atomic E-state index is 13.7. The fraction of sp³-hybridized carbons (Fsp3) is 0.571. The Kier molecular flexibility index (Phi) is 5.47. The Balaban J connectivity index is 3.10. The SMILES string of the molecule is CCNC(C)c1cc(F)c(C)cc1SC(C)C. The first-order chi connectivity index (χ1) is 7.95. The Morgan fingerprint density at radius 3 is 2.47 bits per heavy atom. The molecule has 1 atom stereocenters. The third-order valence-electron chi connectivity index (χ3n) is 2.63. The van der Waals surface area contributed by atoms with Crippen molar-refractivity contribution in [1.82, 2.24) is 5.32 Å². The fourth-order valence-electron chi connectivity index (χ4n) is 1.78. The van der Waals surface area contributed by atoms with Gasteiger partial charge in [-0.25, -0.2) is 4.39 Å². The predicted molar refractivity (Wildman–Crippen MR) is 74.2 cm³/mol. The lowest BCUT2D eigenvalue weighted by molar-refractivity contribution is 0.571. The molecule has 0 amide bonds. The van der Waals surface area contributed by atoms with Crippen LogP contribution < -0.4 is 5.32 Å². The number of rotatable bonds is 5. The number of hydrogen-bond acceptors (Lipinski definition) is 2. The van der Waals surface area contributed by atoms with Gasteiger partial charge in [0, 0.05) is 16.2 Å². The molecule has 0 spiro atoms. The zero-order valence-corrected chi connectivity index (χ0v) is 12.1. The first kappa shape index (κ1) is 14.5. The van der Waals surface area contributed by atoms with Gasteiger partial charge >= 0.3 is 0 Å². The summed E-state index contributed by atoms with van der Waals surface area (Å²) in [6, 6.07) is 3.83. The highest BCUT2D eigenvalue weighted by Crippen LogP contribution is 2.32. The molecule has 1 unspecified atom stereocenters. The monoisotopic (exact) mass is 255 g/mol. The molecule has 0 fully saturated rings. The molecule has 1 aromatic carbocycles. The van der Waals surface area contributed by atoms with Crippen LogP contribution in [0.1, 0.15) is 44.9 Å². The maximum absolute atomic E-state index is 13.7. The lowest BCUT2D eigenvalue weighted by atomic mass is 10.1. The number of thioether (sulfide) groups is 1. The zero-order chi connectivity index (χ0) is 13.0. The average Bonchev–Trinajstić information content (AvgIpc) is 2.22. The highest BCUT2D eigenvalue weighted by molar-refractivity contribution is 8.00. The van der Waals surface area contributed by atoms with Crippen LogP contribution in [-0.4, -0.2) is 11.8 Å². The van der Waals surface area contributed by atoms with Gasteiger partial charge in [0.15, 0.2) is 0 Å². The third kappa shape index (κ3) is 4.00. The van der Waals surface area contributed by atoms with Gasteiger partial charge in [-0.15, -0.1) is 11.8 Å². The van der Waals surface area contributed by atoms with Gasteiger partial charge in [0.1, 0.15) is 5.82 Å². The van der Waals surface area contributed by atoms with Gasteiger partial charge in [-0.05, 0) is 43.7 Å². The van der Waals surface area contributed by atoms with Crippen molar-refractivity contribution in [2.24, 2.45) is 0 Å². The third-order valence-corrected chi connectivity index (χ3v) is 3.71. The van der Waals surface area contributed by atoms with Crippen molar-refractivity contribution in [2.75, 3.05) is 6.54 Å². The first-order valence-electron chi connectivity index (χ1n) is 6.15. The van der Waals surface area contributed by atoms with Crippen molar-refractivity contribution < 1.29 is 4.39 Å². The van der Waals surface area contributed by atoms with Crippen molar-refractivity contribution in [3.63, 3.8) is 0 Å². The largest absolute Gasteiger partial charge is 0.310 e. The van der Waals surface area contributed by atoms with Gasteiger partial charge in [-0.1, -0.05) is 20.8 Å². The van der Waals surface area contributed by atoms with Crippen molar-refractivity contribution in [1.29, 1.82) is 0 Å². The second-order valence-corrected chi connectivity index (χ2v) is 6.20. The fourth-order valence-corrected chi connectivity index (χ4v) is 2.91. The van der Waals surface area contributed by atoms with Crippen molar-refractivity contribution >= 4 is 11.8 Å².